The number of carbonyl (C=O) groups excluding carboxylic acids is 1. The lowest BCUT2D eigenvalue weighted by molar-refractivity contribution is -0.143. The Balaban J connectivity index is 1.91. The Hall–Kier alpha value is -2.97. The lowest BCUT2D eigenvalue weighted by Gasteiger charge is -2.24. The van der Waals surface area contributed by atoms with Crippen molar-refractivity contribution in [2.45, 2.75) is 32.9 Å². The summed E-state index contributed by atoms with van der Waals surface area (Å²) in [7, 11) is 1.61. The van der Waals surface area contributed by atoms with Crippen LogP contribution in [-0.2, 0) is 9.53 Å². The number of hydrogen-bond donors (Lipinski definition) is 0. The van der Waals surface area contributed by atoms with E-state index in [9.17, 15) is 9.59 Å². The van der Waals surface area contributed by atoms with Gasteiger partial charge in [0.1, 0.15) is 11.8 Å². The first-order valence-corrected chi connectivity index (χ1v) is 11.5. The Morgan fingerprint density at radius 1 is 1.26 bits per heavy atom. The molecule has 0 amide bonds. The number of ether oxygens (including phenoxy) is 2. The van der Waals surface area contributed by atoms with Crippen LogP contribution in [0, 0.1) is 0 Å². The van der Waals surface area contributed by atoms with Crippen LogP contribution in [0.15, 0.2) is 62.8 Å². The SMILES string of the molecule is COc1cccc(C=c2sc3n(c2=O)C(c2cccs2)C(C(=O)OC(C)C)=C(C)N=3)c1. The van der Waals surface area contributed by atoms with E-state index < -0.39 is 12.0 Å². The third-order valence-electron chi connectivity index (χ3n) is 4.79. The van der Waals surface area contributed by atoms with E-state index in [1.807, 2.05) is 47.9 Å². The number of aromatic nitrogens is 1. The van der Waals surface area contributed by atoms with Crippen LogP contribution < -0.4 is 19.6 Å². The second kappa shape index (κ2) is 8.64. The molecule has 0 radical (unpaired) electrons. The third kappa shape index (κ3) is 4.13. The molecule has 0 bridgehead atoms. The highest BCUT2D eigenvalue weighted by Crippen LogP contribution is 2.33. The van der Waals surface area contributed by atoms with E-state index in [1.165, 1.54) is 22.7 Å². The van der Waals surface area contributed by atoms with Gasteiger partial charge in [0, 0.05) is 4.88 Å². The number of fused-ring (bicyclic) bond motifs is 1. The molecule has 0 saturated heterocycles. The number of hydrogen-bond acceptors (Lipinski definition) is 7. The van der Waals surface area contributed by atoms with Crippen LogP contribution in [0.25, 0.3) is 6.08 Å². The molecule has 4 rings (SSSR count). The van der Waals surface area contributed by atoms with Gasteiger partial charge in [0.15, 0.2) is 4.80 Å². The van der Waals surface area contributed by atoms with Gasteiger partial charge in [-0.1, -0.05) is 29.5 Å². The van der Waals surface area contributed by atoms with Crippen LogP contribution in [0.1, 0.15) is 37.3 Å². The van der Waals surface area contributed by atoms with E-state index in [-0.39, 0.29) is 11.7 Å². The molecule has 0 aliphatic carbocycles. The maximum atomic E-state index is 13.5. The molecule has 0 spiro atoms. The molecular formula is C23H22N2O4S2. The summed E-state index contributed by atoms with van der Waals surface area (Å²) in [6.07, 6.45) is 1.55. The van der Waals surface area contributed by atoms with E-state index in [2.05, 4.69) is 4.99 Å². The molecule has 2 aromatic heterocycles. The molecule has 8 heteroatoms. The van der Waals surface area contributed by atoms with Crippen molar-refractivity contribution in [1.29, 1.82) is 0 Å². The summed E-state index contributed by atoms with van der Waals surface area (Å²) in [6.45, 7) is 5.39. The lowest BCUT2D eigenvalue weighted by atomic mass is 10.0. The fraction of sp³-hybridized carbons (Fsp3) is 0.261. The molecule has 3 heterocycles. The topological polar surface area (TPSA) is 69.9 Å². The van der Waals surface area contributed by atoms with Crippen molar-refractivity contribution in [3.05, 3.63) is 83.2 Å². The number of thiazole rings is 1. The predicted molar refractivity (Wildman–Crippen MR) is 122 cm³/mol. The number of carbonyl (C=O) groups is 1. The smallest absolute Gasteiger partial charge is 0.338 e. The molecule has 1 unspecified atom stereocenters. The van der Waals surface area contributed by atoms with E-state index in [0.29, 0.717) is 26.4 Å². The summed E-state index contributed by atoms with van der Waals surface area (Å²) in [5.74, 6) is 0.268. The molecule has 1 aromatic carbocycles. The van der Waals surface area contributed by atoms with Gasteiger partial charge in [-0.25, -0.2) is 9.79 Å². The van der Waals surface area contributed by atoms with Crippen molar-refractivity contribution < 1.29 is 14.3 Å². The minimum absolute atomic E-state index is 0.188. The summed E-state index contributed by atoms with van der Waals surface area (Å²) in [5.41, 5.74) is 1.63. The van der Waals surface area contributed by atoms with Crippen molar-refractivity contribution in [3.8, 4) is 5.75 Å². The Bertz CT molecular complexity index is 1330. The Morgan fingerprint density at radius 3 is 2.74 bits per heavy atom. The molecular weight excluding hydrogens is 432 g/mol. The molecule has 0 N–H and O–H groups in total. The second-order valence-corrected chi connectivity index (χ2v) is 9.32. The first-order valence-electron chi connectivity index (χ1n) is 9.80. The largest absolute Gasteiger partial charge is 0.497 e. The number of nitrogens with zero attached hydrogens (tertiary/aromatic N) is 2. The van der Waals surface area contributed by atoms with Crippen LogP contribution in [0.4, 0.5) is 0 Å². The van der Waals surface area contributed by atoms with Gasteiger partial charge in [-0.05, 0) is 56.0 Å². The van der Waals surface area contributed by atoms with E-state index in [1.54, 1.807) is 32.4 Å². The predicted octanol–water partition coefficient (Wildman–Crippen LogP) is 3.26. The van der Waals surface area contributed by atoms with Gasteiger partial charge in [-0.3, -0.25) is 9.36 Å². The van der Waals surface area contributed by atoms with Gasteiger partial charge in [-0.2, -0.15) is 0 Å². The van der Waals surface area contributed by atoms with Crippen LogP contribution in [0.3, 0.4) is 0 Å². The van der Waals surface area contributed by atoms with Gasteiger partial charge >= 0.3 is 5.97 Å². The molecule has 0 fully saturated rings. The molecule has 0 saturated carbocycles. The quantitative estimate of drug-likeness (QED) is 0.555. The van der Waals surface area contributed by atoms with Gasteiger partial charge in [0.05, 0.1) is 29.0 Å². The van der Waals surface area contributed by atoms with Gasteiger partial charge < -0.3 is 9.47 Å². The Kier molecular flexibility index (Phi) is 5.93. The van der Waals surface area contributed by atoms with Crippen LogP contribution in [0.5, 0.6) is 5.75 Å². The van der Waals surface area contributed by atoms with E-state index >= 15 is 0 Å². The van der Waals surface area contributed by atoms with Crippen molar-refractivity contribution in [3.63, 3.8) is 0 Å². The zero-order valence-corrected chi connectivity index (χ0v) is 19.3. The highest BCUT2D eigenvalue weighted by molar-refractivity contribution is 7.10. The first-order chi connectivity index (χ1) is 14.9. The number of rotatable bonds is 5. The van der Waals surface area contributed by atoms with Crippen molar-refractivity contribution in [1.82, 2.24) is 4.57 Å². The average molecular weight is 455 g/mol. The standard InChI is InChI=1S/C23H22N2O4S2/c1-13(2)29-22(27)19-14(3)24-23-25(20(19)17-9-6-10-30-17)21(26)18(31-23)12-15-7-5-8-16(11-15)28-4/h5-13,20H,1-4H3. The minimum Gasteiger partial charge on any atom is -0.497 e. The molecule has 3 aromatic rings. The molecule has 160 valence electrons. The molecule has 6 nitrogen and oxygen atoms in total. The second-order valence-electron chi connectivity index (χ2n) is 7.33. The maximum Gasteiger partial charge on any atom is 0.338 e. The first kappa shape index (κ1) is 21.3. The van der Waals surface area contributed by atoms with Gasteiger partial charge in [0.25, 0.3) is 5.56 Å². The van der Waals surface area contributed by atoms with Crippen molar-refractivity contribution in [2.75, 3.05) is 7.11 Å². The summed E-state index contributed by atoms with van der Waals surface area (Å²) >= 11 is 2.80. The highest BCUT2D eigenvalue weighted by atomic mass is 32.1. The van der Waals surface area contributed by atoms with Gasteiger partial charge in [-0.15, -0.1) is 11.3 Å². The maximum absolute atomic E-state index is 13.5. The summed E-state index contributed by atoms with van der Waals surface area (Å²) in [5, 5.41) is 1.93. The highest BCUT2D eigenvalue weighted by Gasteiger charge is 2.34. The van der Waals surface area contributed by atoms with Crippen molar-refractivity contribution in [2.24, 2.45) is 4.99 Å². The monoisotopic (exact) mass is 454 g/mol. The lowest BCUT2D eigenvalue weighted by Crippen LogP contribution is -2.39. The molecule has 1 atom stereocenters. The number of esters is 1. The Morgan fingerprint density at radius 2 is 2.06 bits per heavy atom. The fourth-order valence-electron chi connectivity index (χ4n) is 3.46. The van der Waals surface area contributed by atoms with E-state index in [4.69, 9.17) is 9.47 Å². The summed E-state index contributed by atoms with van der Waals surface area (Å²) < 4.78 is 12.9. The normalized spacial score (nSPS) is 16.3. The summed E-state index contributed by atoms with van der Waals surface area (Å²) in [6, 6.07) is 10.8. The molecule has 1 aliphatic heterocycles. The average Bonchev–Trinajstić information content (AvgIpc) is 3.35. The third-order valence-corrected chi connectivity index (χ3v) is 6.70. The van der Waals surface area contributed by atoms with Crippen LogP contribution in [0.2, 0.25) is 0 Å². The zero-order valence-electron chi connectivity index (χ0n) is 17.6. The number of methoxy groups -OCH3 is 1. The number of benzene rings is 1. The number of allylic oxidation sites excluding steroid dienone is 1. The number of thiophene rings is 1. The molecule has 31 heavy (non-hydrogen) atoms. The van der Waals surface area contributed by atoms with E-state index in [0.717, 1.165) is 10.4 Å². The summed E-state index contributed by atoms with van der Waals surface area (Å²) in [4.78, 5) is 32.4. The fourth-order valence-corrected chi connectivity index (χ4v) is 5.33. The van der Waals surface area contributed by atoms with Gasteiger partial charge in [0.2, 0.25) is 0 Å². The Labute approximate surface area is 187 Å². The van der Waals surface area contributed by atoms with Crippen LogP contribution >= 0.6 is 22.7 Å². The minimum atomic E-state index is -0.560. The van der Waals surface area contributed by atoms with Crippen molar-refractivity contribution >= 4 is 34.7 Å². The molecule has 1 aliphatic rings. The zero-order chi connectivity index (χ0) is 22.1. The van der Waals surface area contributed by atoms with Crippen LogP contribution in [-0.4, -0.2) is 23.8 Å².